The summed E-state index contributed by atoms with van der Waals surface area (Å²) < 4.78 is 5.73. The van der Waals surface area contributed by atoms with Gasteiger partial charge in [0.25, 0.3) is 0 Å². The van der Waals surface area contributed by atoms with Crippen LogP contribution in [0.4, 0.5) is 0 Å². The molecule has 0 radical (unpaired) electrons. The maximum Gasteiger partial charge on any atom is 0.340 e. The first-order chi connectivity index (χ1) is 9.25. The molecule has 2 aromatic rings. The number of carbonyl (C=O) groups is 1. The largest absolute Gasteiger partial charge is 0.492 e. The minimum atomic E-state index is -0.930. The van der Waals surface area contributed by atoms with Crippen LogP contribution < -0.4 is 4.74 Å². The predicted octanol–water partition coefficient (Wildman–Crippen LogP) is 3.72. The number of carboxylic acids is 1. The molecule has 0 aliphatic heterocycles. The van der Waals surface area contributed by atoms with Crippen molar-refractivity contribution >= 4 is 16.7 Å². The predicted molar refractivity (Wildman–Crippen MR) is 73.7 cm³/mol. The van der Waals surface area contributed by atoms with E-state index in [9.17, 15) is 9.90 Å². The zero-order chi connectivity index (χ0) is 13.2. The van der Waals surface area contributed by atoms with Crippen LogP contribution in [0.1, 0.15) is 29.6 Å². The molecule has 1 aliphatic carbocycles. The molecule has 1 N–H and O–H groups in total. The molecule has 3 rings (SSSR count). The van der Waals surface area contributed by atoms with Crippen molar-refractivity contribution in [1.29, 1.82) is 0 Å². The molecule has 0 atom stereocenters. The van der Waals surface area contributed by atoms with Crippen molar-refractivity contribution in [2.75, 3.05) is 6.61 Å². The van der Waals surface area contributed by atoms with E-state index in [2.05, 4.69) is 0 Å². The van der Waals surface area contributed by atoms with E-state index in [0.29, 0.717) is 18.3 Å². The van der Waals surface area contributed by atoms with E-state index in [-0.39, 0.29) is 5.56 Å². The molecular weight excluding hydrogens is 240 g/mol. The number of aromatic carboxylic acids is 1. The minimum Gasteiger partial charge on any atom is -0.492 e. The molecule has 1 saturated carbocycles. The number of hydrogen-bond donors (Lipinski definition) is 1. The summed E-state index contributed by atoms with van der Waals surface area (Å²) in [6.45, 7) is 0.624. The first-order valence-electron chi connectivity index (χ1n) is 6.63. The second-order valence-corrected chi connectivity index (χ2v) is 5.07. The Kier molecular flexibility index (Phi) is 3.11. The van der Waals surface area contributed by atoms with Crippen LogP contribution in [0.3, 0.4) is 0 Å². The van der Waals surface area contributed by atoms with Gasteiger partial charge in [0.15, 0.2) is 0 Å². The zero-order valence-corrected chi connectivity index (χ0v) is 10.6. The summed E-state index contributed by atoms with van der Waals surface area (Å²) in [7, 11) is 0. The van der Waals surface area contributed by atoms with Crippen LogP contribution >= 0.6 is 0 Å². The normalized spacial score (nSPS) is 15.2. The number of benzene rings is 2. The Hall–Kier alpha value is -2.03. The Labute approximate surface area is 111 Å². The van der Waals surface area contributed by atoms with Gasteiger partial charge in [-0.05, 0) is 35.6 Å². The van der Waals surface area contributed by atoms with Crippen molar-refractivity contribution in [3.05, 3.63) is 42.0 Å². The molecular formula is C16H16O3. The molecule has 0 unspecified atom stereocenters. The van der Waals surface area contributed by atoms with Gasteiger partial charge in [-0.25, -0.2) is 4.79 Å². The van der Waals surface area contributed by atoms with Crippen LogP contribution in [0.25, 0.3) is 10.8 Å². The summed E-state index contributed by atoms with van der Waals surface area (Å²) in [5.74, 6) is 0.145. The molecule has 1 aliphatic rings. The Morgan fingerprint density at radius 2 is 2.00 bits per heavy atom. The topological polar surface area (TPSA) is 46.5 Å². The molecule has 0 aromatic heterocycles. The number of ether oxygens (including phenoxy) is 1. The van der Waals surface area contributed by atoms with Gasteiger partial charge in [-0.3, -0.25) is 0 Å². The summed E-state index contributed by atoms with van der Waals surface area (Å²) >= 11 is 0. The fourth-order valence-corrected chi connectivity index (χ4v) is 2.46. The summed E-state index contributed by atoms with van der Waals surface area (Å²) in [6.07, 6.45) is 3.64. The van der Waals surface area contributed by atoms with Crippen molar-refractivity contribution in [3.63, 3.8) is 0 Å². The lowest BCUT2D eigenvalue weighted by molar-refractivity contribution is 0.0692. The molecule has 2 aromatic carbocycles. The Bertz CT molecular complexity index is 614. The van der Waals surface area contributed by atoms with Gasteiger partial charge in [-0.15, -0.1) is 0 Å². The van der Waals surface area contributed by atoms with Crippen molar-refractivity contribution in [2.45, 2.75) is 19.3 Å². The second kappa shape index (κ2) is 4.92. The highest BCUT2D eigenvalue weighted by atomic mass is 16.5. The molecule has 0 amide bonds. The van der Waals surface area contributed by atoms with E-state index in [1.165, 1.54) is 19.3 Å². The summed E-state index contributed by atoms with van der Waals surface area (Å²) in [4.78, 5) is 11.5. The highest BCUT2D eigenvalue weighted by Gasteiger charge is 2.20. The van der Waals surface area contributed by atoms with E-state index in [1.807, 2.05) is 30.3 Å². The van der Waals surface area contributed by atoms with Gasteiger partial charge in [0.1, 0.15) is 11.3 Å². The van der Waals surface area contributed by atoms with Gasteiger partial charge in [0.2, 0.25) is 0 Å². The molecule has 0 bridgehead atoms. The van der Waals surface area contributed by atoms with Crippen LogP contribution in [0.5, 0.6) is 5.75 Å². The Balaban J connectivity index is 1.97. The van der Waals surface area contributed by atoms with Crippen LogP contribution in [0.2, 0.25) is 0 Å². The third-order valence-electron chi connectivity index (χ3n) is 3.80. The summed E-state index contributed by atoms with van der Waals surface area (Å²) in [5.41, 5.74) is 0.275. The average molecular weight is 256 g/mol. The van der Waals surface area contributed by atoms with E-state index in [0.717, 1.165) is 10.8 Å². The summed E-state index contributed by atoms with van der Waals surface area (Å²) in [6, 6.07) is 11.2. The highest BCUT2D eigenvalue weighted by Crippen LogP contribution is 2.31. The molecule has 98 valence electrons. The smallest absolute Gasteiger partial charge is 0.340 e. The van der Waals surface area contributed by atoms with Gasteiger partial charge >= 0.3 is 5.97 Å². The Morgan fingerprint density at radius 3 is 2.68 bits per heavy atom. The van der Waals surface area contributed by atoms with Gasteiger partial charge in [0.05, 0.1) is 6.61 Å². The fourth-order valence-electron chi connectivity index (χ4n) is 2.46. The first kappa shape index (κ1) is 12.0. The van der Waals surface area contributed by atoms with Gasteiger partial charge < -0.3 is 9.84 Å². The Morgan fingerprint density at radius 1 is 1.21 bits per heavy atom. The number of fused-ring (bicyclic) bond motifs is 1. The van der Waals surface area contributed by atoms with Crippen LogP contribution in [0.15, 0.2) is 36.4 Å². The van der Waals surface area contributed by atoms with E-state index in [1.54, 1.807) is 6.07 Å². The van der Waals surface area contributed by atoms with Crippen molar-refractivity contribution in [2.24, 2.45) is 5.92 Å². The lowest BCUT2D eigenvalue weighted by Crippen LogP contribution is -2.20. The minimum absolute atomic E-state index is 0.275. The molecule has 0 heterocycles. The van der Waals surface area contributed by atoms with E-state index >= 15 is 0 Å². The second-order valence-electron chi connectivity index (χ2n) is 5.07. The van der Waals surface area contributed by atoms with Crippen molar-refractivity contribution in [3.8, 4) is 5.75 Å². The molecule has 0 saturated heterocycles. The fraction of sp³-hybridized carbons (Fsp3) is 0.312. The quantitative estimate of drug-likeness (QED) is 0.906. The lowest BCUT2D eigenvalue weighted by Gasteiger charge is -2.25. The monoisotopic (exact) mass is 256 g/mol. The van der Waals surface area contributed by atoms with Gasteiger partial charge in [-0.2, -0.15) is 0 Å². The highest BCUT2D eigenvalue weighted by molar-refractivity contribution is 6.06. The van der Waals surface area contributed by atoms with Crippen molar-refractivity contribution < 1.29 is 14.6 Å². The standard InChI is InChI=1S/C16H16O3/c17-16(18)15-13-7-2-1-6-12(13)8-9-14(15)19-10-11-4-3-5-11/h1-2,6-9,11H,3-5,10H2,(H,17,18). The first-order valence-corrected chi connectivity index (χ1v) is 6.63. The lowest BCUT2D eigenvalue weighted by atomic mass is 9.86. The van der Waals surface area contributed by atoms with Crippen LogP contribution in [-0.4, -0.2) is 17.7 Å². The average Bonchev–Trinajstić information content (AvgIpc) is 2.36. The molecule has 3 heteroatoms. The summed E-state index contributed by atoms with van der Waals surface area (Å²) in [5, 5.41) is 11.1. The zero-order valence-electron chi connectivity index (χ0n) is 10.6. The van der Waals surface area contributed by atoms with E-state index in [4.69, 9.17) is 4.74 Å². The molecule has 3 nitrogen and oxygen atoms in total. The van der Waals surface area contributed by atoms with E-state index < -0.39 is 5.97 Å². The molecule has 1 fully saturated rings. The SMILES string of the molecule is O=C(O)c1c(OCC2CCC2)ccc2ccccc12. The maximum atomic E-state index is 11.5. The van der Waals surface area contributed by atoms with Crippen LogP contribution in [-0.2, 0) is 0 Å². The molecule has 19 heavy (non-hydrogen) atoms. The number of rotatable bonds is 4. The third-order valence-corrected chi connectivity index (χ3v) is 3.80. The third kappa shape index (κ3) is 2.28. The maximum absolute atomic E-state index is 11.5. The number of hydrogen-bond acceptors (Lipinski definition) is 2. The molecule has 0 spiro atoms. The van der Waals surface area contributed by atoms with Crippen molar-refractivity contribution in [1.82, 2.24) is 0 Å². The van der Waals surface area contributed by atoms with Crippen LogP contribution in [0, 0.1) is 5.92 Å². The van der Waals surface area contributed by atoms with Gasteiger partial charge in [0, 0.05) is 0 Å². The number of carboxylic acid groups (broad SMARTS) is 1. The van der Waals surface area contributed by atoms with Gasteiger partial charge in [-0.1, -0.05) is 36.8 Å².